The Labute approximate surface area is 193 Å². The maximum atomic E-state index is 13.0. The number of benzene rings is 2. The fourth-order valence-electron chi connectivity index (χ4n) is 4.72. The number of fused-ring (bicyclic) bond motifs is 1. The summed E-state index contributed by atoms with van der Waals surface area (Å²) in [6.07, 6.45) is 7.90. The van der Waals surface area contributed by atoms with Gasteiger partial charge in [0.1, 0.15) is 25.6 Å². The molecule has 33 heavy (non-hydrogen) atoms. The number of rotatable bonds is 7. The van der Waals surface area contributed by atoms with Crippen LogP contribution in [0, 0.1) is 0 Å². The van der Waals surface area contributed by atoms with Gasteiger partial charge in [-0.1, -0.05) is 31.0 Å². The van der Waals surface area contributed by atoms with Gasteiger partial charge < -0.3 is 19.5 Å². The second-order valence-electron chi connectivity index (χ2n) is 8.71. The molecule has 1 amide bonds. The molecular formula is C27H28N2O4. The van der Waals surface area contributed by atoms with Gasteiger partial charge in [0, 0.05) is 35.5 Å². The Kier molecular flexibility index (Phi) is 6.15. The highest BCUT2D eigenvalue weighted by molar-refractivity contribution is 5.94. The Morgan fingerprint density at radius 2 is 1.85 bits per heavy atom. The van der Waals surface area contributed by atoms with Crippen molar-refractivity contribution in [1.82, 2.24) is 10.3 Å². The zero-order chi connectivity index (χ0) is 22.5. The molecule has 1 fully saturated rings. The number of nitrogens with zero attached hydrogens (tertiary/aromatic N) is 1. The summed E-state index contributed by atoms with van der Waals surface area (Å²) in [6, 6.07) is 17.4. The summed E-state index contributed by atoms with van der Waals surface area (Å²) < 4.78 is 17.3. The van der Waals surface area contributed by atoms with Gasteiger partial charge in [-0.05, 0) is 54.8 Å². The number of aromatic nitrogens is 1. The van der Waals surface area contributed by atoms with Gasteiger partial charge >= 0.3 is 0 Å². The van der Waals surface area contributed by atoms with Gasteiger partial charge in [-0.3, -0.25) is 9.78 Å². The molecule has 0 atom stereocenters. The quantitative estimate of drug-likeness (QED) is 0.573. The van der Waals surface area contributed by atoms with Crippen LogP contribution in [-0.4, -0.2) is 30.6 Å². The number of carbonyl (C=O) groups excluding carboxylic acids is 1. The van der Waals surface area contributed by atoms with Crippen molar-refractivity contribution < 1.29 is 19.0 Å². The van der Waals surface area contributed by atoms with Gasteiger partial charge in [0.2, 0.25) is 0 Å². The minimum atomic E-state index is -0.0920. The molecule has 0 saturated heterocycles. The maximum Gasteiger partial charge on any atom is 0.251 e. The normalized spacial score (nSPS) is 16.2. The molecule has 6 nitrogen and oxygen atoms in total. The summed E-state index contributed by atoms with van der Waals surface area (Å²) in [5.74, 6) is 2.17. The lowest BCUT2D eigenvalue weighted by atomic mass is 9.78. The first-order valence-corrected chi connectivity index (χ1v) is 11.5. The number of amides is 1. The predicted molar refractivity (Wildman–Crippen MR) is 125 cm³/mol. The van der Waals surface area contributed by atoms with Crippen molar-refractivity contribution in [3.63, 3.8) is 0 Å². The minimum Gasteiger partial charge on any atom is -0.489 e. The van der Waals surface area contributed by atoms with Crippen LogP contribution in [0.15, 0.2) is 67.0 Å². The molecule has 1 N–H and O–H groups in total. The van der Waals surface area contributed by atoms with E-state index in [4.69, 9.17) is 14.2 Å². The lowest BCUT2D eigenvalue weighted by Crippen LogP contribution is -2.39. The molecule has 1 aliphatic heterocycles. The van der Waals surface area contributed by atoms with E-state index in [9.17, 15) is 4.79 Å². The van der Waals surface area contributed by atoms with Gasteiger partial charge in [-0.25, -0.2) is 0 Å². The van der Waals surface area contributed by atoms with Crippen LogP contribution < -0.4 is 19.5 Å². The van der Waals surface area contributed by atoms with Gasteiger partial charge in [0.05, 0.1) is 0 Å². The average Bonchev–Trinajstić information content (AvgIpc) is 3.37. The van der Waals surface area contributed by atoms with Crippen molar-refractivity contribution in [3.8, 4) is 17.2 Å². The Balaban J connectivity index is 1.26. The van der Waals surface area contributed by atoms with Crippen molar-refractivity contribution in [2.24, 2.45) is 0 Å². The second-order valence-corrected chi connectivity index (χ2v) is 8.71. The van der Waals surface area contributed by atoms with E-state index in [1.54, 1.807) is 18.5 Å². The lowest BCUT2D eigenvalue weighted by molar-refractivity contribution is 0.0942. The number of ether oxygens (including phenoxy) is 3. The zero-order valence-corrected chi connectivity index (χ0v) is 18.6. The van der Waals surface area contributed by atoms with Crippen molar-refractivity contribution >= 4 is 5.91 Å². The topological polar surface area (TPSA) is 69.7 Å². The van der Waals surface area contributed by atoms with Crippen LogP contribution in [0.2, 0.25) is 0 Å². The molecule has 1 aliphatic carbocycles. The Morgan fingerprint density at radius 3 is 2.67 bits per heavy atom. The third-order valence-corrected chi connectivity index (χ3v) is 6.53. The van der Waals surface area contributed by atoms with E-state index < -0.39 is 0 Å². The Hall–Kier alpha value is -3.54. The van der Waals surface area contributed by atoms with E-state index >= 15 is 0 Å². The fourth-order valence-corrected chi connectivity index (χ4v) is 4.72. The summed E-state index contributed by atoms with van der Waals surface area (Å²) in [4.78, 5) is 17.1. The molecule has 0 unspecified atom stereocenters. The third kappa shape index (κ3) is 4.80. The van der Waals surface area contributed by atoms with Gasteiger partial charge in [-0.2, -0.15) is 0 Å². The first kappa shape index (κ1) is 21.3. The molecular weight excluding hydrogens is 416 g/mol. The standard InChI is InChI=1S/C27H28N2O4/c30-26(21-6-3-7-23(15-21)33-18-20-5-4-12-28-17-20)29-19-27(10-1-2-11-27)22-8-9-24-25(16-22)32-14-13-31-24/h3-9,12,15-17H,1-2,10-11,13-14,18-19H2,(H,29,30). The number of pyridine rings is 1. The fraction of sp³-hybridized carbons (Fsp3) is 0.333. The van der Waals surface area contributed by atoms with E-state index in [0.717, 1.165) is 42.7 Å². The number of carbonyl (C=O) groups is 1. The van der Waals surface area contributed by atoms with Crippen LogP contribution >= 0.6 is 0 Å². The van der Waals surface area contributed by atoms with Crippen LogP contribution in [0.4, 0.5) is 0 Å². The van der Waals surface area contributed by atoms with Crippen LogP contribution in [0.1, 0.15) is 47.2 Å². The van der Waals surface area contributed by atoms with Gasteiger partial charge in [-0.15, -0.1) is 0 Å². The van der Waals surface area contributed by atoms with E-state index in [1.165, 1.54) is 5.56 Å². The minimum absolute atomic E-state index is 0.0834. The van der Waals surface area contributed by atoms with Crippen molar-refractivity contribution in [2.45, 2.75) is 37.7 Å². The summed E-state index contributed by atoms with van der Waals surface area (Å²) in [7, 11) is 0. The molecule has 5 rings (SSSR count). The van der Waals surface area contributed by atoms with E-state index in [1.807, 2.05) is 36.4 Å². The van der Waals surface area contributed by atoms with Crippen molar-refractivity contribution in [3.05, 3.63) is 83.7 Å². The maximum absolute atomic E-state index is 13.0. The van der Waals surface area contributed by atoms with E-state index in [-0.39, 0.29) is 11.3 Å². The van der Waals surface area contributed by atoms with Gasteiger partial charge in [0.15, 0.2) is 11.5 Å². The molecule has 3 aromatic rings. The number of hydrogen-bond acceptors (Lipinski definition) is 5. The molecule has 170 valence electrons. The highest BCUT2D eigenvalue weighted by Gasteiger charge is 2.37. The summed E-state index contributed by atoms with van der Waals surface area (Å²) in [6.45, 7) is 2.15. The molecule has 2 heterocycles. The smallest absolute Gasteiger partial charge is 0.251 e. The third-order valence-electron chi connectivity index (χ3n) is 6.53. The molecule has 6 heteroatoms. The molecule has 1 aromatic heterocycles. The number of nitrogens with one attached hydrogen (secondary N) is 1. The monoisotopic (exact) mass is 444 g/mol. The van der Waals surface area contributed by atoms with Crippen LogP contribution in [0.3, 0.4) is 0 Å². The highest BCUT2D eigenvalue weighted by atomic mass is 16.6. The lowest BCUT2D eigenvalue weighted by Gasteiger charge is -2.31. The van der Waals surface area contributed by atoms with E-state index in [0.29, 0.717) is 37.7 Å². The zero-order valence-electron chi connectivity index (χ0n) is 18.6. The Bertz CT molecular complexity index is 1110. The van der Waals surface area contributed by atoms with Crippen LogP contribution in [0.25, 0.3) is 0 Å². The van der Waals surface area contributed by atoms with Gasteiger partial charge in [0.25, 0.3) is 5.91 Å². The van der Waals surface area contributed by atoms with Crippen molar-refractivity contribution in [2.75, 3.05) is 19.8 Å². The molecule has 0 spiro atoms. The molecule has 1 saturated carbocycles. The molecule has 2 aliphatic rings. The number of hydrogen-bond donors (Lipinski definition) is 1. The molecule has 0 bridgehead atoms. The predicted octanol–water partition coefficient (Wildman–Crippen LogP) is 4.67. The largest absolute Gasteiger partial charge is 0.489 e. The summed E-state index contributed by atoms with van der Waals surface area (Å²) >= 11 is 0. The SMILES string of the molecule is O=C(NCC1(c2ccc3c(c2)OCCO3)CCCC1)c1cccc(OCc2cccnc2)c1. The first-order valence-electron chi connectivity index (χ1n) is 11.5. The average molecular weight is 445 g/mol. The van der Waals surface area contributed by atoms with Crippen LogP contribution in [-0.2, 0) is 12.0 Å². The van der Waals surface area contributed by atoms with Crippen LogP contribution in [0.5, 0.6) is 17.2 Å². The molecule has 2 aromatic carbocycles. The molecule has 0 radical (unpaired) electrons. The summed E-state index contributed by atoms with van der Waals surface area (Å²) in [5.41, 5.74) is 2.70. The second kappa shape index (κ2) is 9.53. The van der Waals surface area contributed by atoms with E-state index in [2.05, 4.69) is 22.4 Å². The Morgan fingerprint density at radius 1 is 1.00 bits per heavy atom. The summed E-state index contributed by atoms with van der Waals surface area (Å²) in [5, 5.41) is 3.18. The van der Waals surface area contributed by atoms with Crippen molar-refractivity contribution in [1.29, 1.82) is 0 Å². The highest BCUT2D eigenvalue weighted by Crippen LogP contribution is 2.43. The first-order chi connectivity index (χ1) is 16.2.